The van der Waals surface area contributed by atoms with E-state index in [0.29, 0.717) is 13.7 Å². The second-order valence-electron chi connectivity index (χ2n) is 12.5. The van der Waals surface area contributed by atoms with Gasteiger partial charge in [0.25, 0.3) is 0 Å². The normalized spacial score (nSPS) is 13.3. The van der Waals surface area contributed by atoms with Crippen molar-refractivity contribution in [1.29, 1.82) is 0 Å². The van der Waals surface area contributed by atoms with Gasteiger partial charge in [0.1, 0.15) is 0 Å². The molecule has 0 nitrogen and oxygen atoms in total. The average molecular weight is 620 g/mol. The summed E-state index contributed by atoms with van der Waals surface area (Å²) in [5, 5.41) is 0. The van der Waals surface area contributed by atoms with Gasteiger partial charge in [0.2, 0.25) is 0 Å². The van der Waals surface area contributed by atoms with E-state index in [1.165, 1.54) is 0 Å². The third kappa shape index (κ3) is 8.88. The number of hydrogen-bond donors (Lipinski definition) is 0. The first-order valence-corrected chi connectivity index (χ1v) is 19.9. The molecule has 0 heterocycles. The van der Waals surface area contributed by atoms with Crippen molar-refractivity contribution >= 4 is 46.7 Å². The molecule has 0 amide bonds. The van der Waals surface area contributed by atoms with Crippen LogP contribution in [0.2, 0.25) is 13.7 Å². The van der Waals surface area contributed by atoms with Crippen molar-refractivity contribution < 1.29 is 0 Å². The Hall–Kier alpha value is 0.0374. The van der Waals surface area contributed by atoms with E-state index >= 15 is 0 Å². The van der Waals surface area contributed by atoms with Gasteiger partial charge in [0.15, 0.2) is 0 Å². The van der Waals surface area contributed by atoms with E-state index in [-0.39, 0.29) is 0 Å². The Kier molecular flexibility index (Phi) is 10.1. The summed E-state index contributed by atoms with van der Waals surface area (Å²) in [6, 6.07) is 22.3. The van der Waals surface area contributed by atoms with Crippen LogP contribution in [0.25, 0.3) is 0 Å². The van der Waals surface area contributed by atoms with Gasteiger partial charge in [-0.05, 0) is 0 Å². The van der Waals surface area contributed by atoms with Crippen LogP contribution in [0.15, 0.2) is 60.7 Å². The summed E-state index contributed by atoms with van der Waals surface area (Å²) < 4.78 is 5.31. The first-order chi connectivity index (χ1) is 13.5. The molecule has 2 heteroatoms. The van der Waals surface area contributed by atoms with Gasteiger partial charge in [-0.1, -0.05) is 0 Å². The van der Waals surface area contributed by atoms with Crippen molar-refractivity contribution in [3.63, 3.8) is 0 Å². The summed E-state index contributed by atoms with van der Waals surface area (Å²) in [6.45, 7) is 29.0. The molecule has 2 rings (SSSR count). The predicted octanol–water partition coefficient (Wildman–Crippen LogP) is 7.98. The van der Waals surface area contributed by atoms with Crippen LogP contribution >= 0.6 is 0 Å². The molecule has 0 aliphatic heterocycles. The zero-order chi connectivity index (χ0) is 23.4. The minimum absolute atomic E-state index is 0.502. The van der Waals surface area contributed by atoms with Crippen molar-refractivity contribution in [2.45, 2.75) is 96.8 Å². The molecule has 0 aliphatic rings. The summed E-state index contributed by atoms with van der Waals surface area (Å²) in [7, 11) is 0. The van der Waals surface area contributed by atoms with Crippen molar-refractivity contribution in [3.05, 3.63) is 60.7 Å². The quantitative estimate of drug-likeness (QED) is 0.299. The summed E-state index contributed by atoms with van der Waals surface area (Å²) in [4.78, 5) is 0. The molecule has 166 valence electrons. The van der Waals surface area contributed by atoms with Crippen molar-refractivity contribution in [2.24, 2.45) is 0 Å². The van der Waals surface area contributed by atoms with Gasteiger partial charge in [0.05, 0.1) is 0 Å². The molecule has 0 N–H and O–H groups in total. The van der Waals surface area contributed by atoms with E-state index < -0.39 is 39.5 Å². The van der Waals surface area contributed by atoms with E-state index in [4.69, 9.17) is 0 Å². The Labute approximate surface area is 202 Å². The SMILES string of the molecule is C[C](C)(C)[Sn]([c]1ccccc1)[C](C)(C)C.C[C](C)(C)[Sn]([c]1ccccc1)[C](C)(C)C. The molecule has 0 saturated carbocycles. The number of hydrogen-bond acceptors (Lipinski definition) is 0. The Balaban J connectivity index is 0.000000300. The zero-order valence-corrected chi connectivity index (χ0v) is 27.5. The van der Waals surface area contributed by atoms with Crippen LogP contribution in [0.4, 0.5) is 0 Å². The molecule has 0 fully saturated rings. The standard InChI is InChI=1S/2C6H5.4C4H9.2Sn/c2*1-2-4-6-5-3-1;4*1-4(2)3;;/h2*1-5H;4*1-3H3;;. The molecule has 0 atom stereocenters. The van der Waals surface area contributed by atoms with Crippen molar-refractivity contribution in [2.75, 3.05) is 0 Å². The maximum atomic E-state index is 2.42. The van der Waals surface area contributed by atoms with Crippen LogP contribution in [0.5, 0.6) is 0 Å². The van der Waals surface area contributed by atoms with Crippen LogP contribution in [-0.4, -0.2) is 39.5 Å². The van der Waals surface area contributed by atoms with Crippen LogP contribution < -0.4 is 7.16 Å². The molecule has 2 aromatic carbocycles. The zero-order valence-electron chi connectivity index (χ0n) is 21.8. The van der Waals surface area contributed by atoms with Crippen LogP contribution in [0, 0.1) is 0 Å². The second-order valence-corrected chi connectivity index (χ2v) is 37.2. The van der Waals surface area contributed by atoms with E-state index in [1.54, 1.807) is 7.16 Å². The molecule has 0 spiro atoms. The fourth-order valence-corrected chi connectivity index (χ4v) is 30.9. The van der Waals surface area contributed by atoms with Crippen LogP contribution in [0.1, 0.15) is 83.1 Å². The van der Waals surface area contributed by atoms with Crippen LogP contribution in [0.3, 0.4) is 0 Å². The molecule has 30 heavy (non-hydrogen) atoms. The monoisotopic (exact) mass is 622 g/mol. The third-order valence-electron chi connectivity index (χ3n) is 5.12. The molecular formula is C28H46Sn2. The molecule has 0 aromatic heterocycles. The maximum absolute atomic E-state index is 2.42. The summed E-state index contributed by atoms with van der Waals surface area (Å²) >= 11 is -3.23. The first-order valence-electron chi connectivity index (χ1n) is 11.3. The van der Waals surface area contributed by atoms with Gasteiger partial charge in [-0.3, -0.25) is 0 Å². The Bertz CT molecular complexity index is 640. The fraction of sp³-hybridized carbons (Fsp3) is 0.571. The van der Waals surface area contributed by atoms with Crippen LogP contribution in [-0.2, 0) is 0 Å². The first kappa shape index (κ1) is 28.1. The second kappa shape index (κ2) is 10.8. The van der Waals surface area contributed by atoms with E-state index in [0.717, 1.165) is 0 Å². The number of benzene rings is 2. The third-order valence-corrected chi connectivity index (χ3v) is 27.4. The average Bonchev–Trinajstić information content (AvgIpc) is 2.52. The Morgan fingerprint density at radius 3 is 0.733 bits per heavy atom. The van der Waals surface area contributed by atoms with E-state index in [9.17, 15) is 0 Å². The molecule has 2 aromatic rings. The Morgan fingerprint density at radius 1 is 0.367 bits per heavy atom. The van der Waals surface area contributed by atoms with Gasteiger partial charge in [-0.25, -0.2) is 0 Å². The van der Waals surface area contributed by atoms with Gasteiger partial charge >= 0.3 is 204 Å². The van der Waals surface area contributed by atoms with E-state index in [2.05, 4.69) is 144 Å². The van der Waals surface area contributed by atoms with Gasteiger partial charge in [-0.2, -0.15) is 0 Å². The fourth-order valence-electron chi connectivity index (χ4n) is 5.19. The van der Waals surface area contributed by atoms with Gasteiger partial charge < -0.3 is 0 Å². The molecular weight excluding hydrogens is 574 g/mol. The minimum atomic E-state index is -1.62. The molecule has 0 bridgehead atoms. The van der Waals surface area contributed by atoms with E-state index in [1.807, 2.05) is 0 Å². The van der Waals surface area contributed by atoms with Crippen molar-refractivity contribution in [3.8, 4) is 0 Å². The topological polar surface area (TPSA) is 0 Å². The van der Waals surface area contributed by atoms with Crippen molar-refractivity contribution in [1.82, 2.24) is 0 Å². The molecule has 0 saturated heterocycles. The van der Waals surface area contributed by atoms with Gasteiger partial charge in [-0.15, -0.1) is 0 Å². The summed E-state index contributed by atoms with van der Waals surface area (Å²) in [5.74, 6) is 0. The summed E-state index contributed by atoms with van der Waals surface area (Å²) in [6.07, 6.45) is 0. The number of rotatable bonds is 2. The predicted molar refractivity (Wildman–Crippen MR) is 143 cm³/mol. The Morgan fingerprint density at radius 2 is 0.567 bits per heavy atom. The molecule has 0 aliphatic carbocycles. The molecule has 2 radical (unpaired) electrons. The molecule has 0 unspecified atom stereocenters. The van der Waals surface area contributed by atoms with Gasteiger partial charge in [0, 0.05) is 0 Å². The summed E-state index contributed by atoms with van der Waals surface area (Å²) in [5.41, 5.74) is 0.